The number of hydrogen-bond donors (Lipinski definition) is 1. The zero-order valence-corrected chi connectivity index (χ0v) is 10.6. The van der Waals surface area contributed by atoms with Crippen LogP contribution in [0.1, 0.15) is 39.0 Å². The molecule has 2 heterocycles. The summed E-state index contributed by atoms with van der Waals surface area (Å²) in [5.41, 5.74) is 0. The van der Waals surface area contributed by atoms with Crippen molar-refractivity contribution in [3.63, 3.8) is 0 Å². The summed E-state index contributed by atoms with van der Waals surface area (Å²) < 4.78 is 5.66. The Labute approximate surface area is 99.5 Å². The summed E-state index contributed by atoms with van der Waals surface area (Å²) in [6.45, 7) is 8.08. The molecule has 0 aromatic heterocycles. The van der Waals surface area contributed by atoms with Crippen LogP contribution in [0.5, 0.6) is 0 Å². The van der Waals surface area contributed by atoms with Gasteiger partial charge in [0, 0.05) is 19.2 Å². The highest BCUT2D eigenvalue weighted by Crippen LogP contribution is 2.17. The van der Waals surface area contributed by atoms with E-state index in [-0.39, 0.29) is 0 Å². The van der Waals surface area contributed by atoms with E-state index in [1.807, 2.05) is 0 Å². The van der Waals surface area contributed by atoms with Gasteiger partial charge in [-0.05, 0) is 51.7 Å². The molecular formula is C13H26N2O. The highest BCUT2D eigenvalue weighted by atomic mass is 16.5. The molecular weight excluding hydrogens is 200 g/mol. The number of piperidine rings is 1. The minimum Gasteiger partial charge on any atom is -0.378 e. The molecule has 1 atom stereocenters. The zero-order valence-electron chi connectivity index (χ0n) is 10.6. The van der Waals surface area contributed by atoms with Crippen LogP contribution in [-0.4, -0.2) is 49.8 Å². The van der Waals surface area contributed by atoms with E-state index in [2.05, 4.69) is 17.1 Å². The Morgan fingerprint density at radius 2 is 2.06 bits per heavy atom. The lowest BCUT2D eigenvalue weighted by Crippen LogP contribution is -2.43. The van der Waals surface area contributed by atoms with Crippen LogP contribution >= 0.6 is 0 Å². The molecule has 1 N–H and O–H groups in total. The van der Waals surface area contributed by atoms with Crippen molar-refractivity contribution in [1.82, 2.24) is 10.2 Å². The van der Waals surface area contributed by atoms with Gasteiger partial charge < -0.3 is 15.0 Å². The van der Waals surface area contributed by atoms with Gasteiger partial charge in [-0.25, -0.2) is 0 Å². The van der Waals surface area contributed by atoms with Crippen molar-refractivity contribution in [3.05, 3.63) is 0 Å². The number of nitrogens with zero attached hydrogens (tertiary/aromatic N) is 1. The van der Waals surface area contributed by atoms with Crippen LogP contribution in [0.4, 0.5) is 0 Å². The van der Waals surface area contributed by atoms with Gasteiger partial charge >= 0.3 is 0 Å². The molecule has 2 rings (SSSR count). The summed E-state index contributed by atoms with van der Waals surface area (Å²) in [5.74, 6) is 0. The molecule has 3 heteroatoms. The molecule has 2 fully saturated rings. The predicted molar refractivity (Wildman–Crippen MR) is 66.7 cm³/mol. The smallest absolute Gasteiger partial charge is 0.0588 e. The topological polar surface area (TPSA) is 24.5 Å². The molecule has 0 amide bonds. The van der Waals surface area contributed by atoms with E-state index >= 15 is 0 Å². The molecule has 2 aliphatic rings. The van der Waals surface area contributed by atoms with Crippen LogP contribution < -0.4 is 5.32 Å². The van der Waals surface area contributed by atoms with Crippen molar-refractivity contribution in [2.75, 3.05) is 32.8 Å². The van der Waals surface area contributed by atoms with Gasteiger partial charge in [0.05, 0.1) is 6.10 Å². The summed E-state index contributed by atoms with van der Waals surface area (Å²) in [4.78, 5) is 2.61. The first kappa shape index (κ1) is 12.3. The minimum atomic E-state index is 0.562. The normalized spacial score (nSPS) is 28.7. The first-order valence-electron chi connectivity index (χ1n) is 6.96. The Bertz CT molecular complexity index is 184. The minimum absolute atomic E-state index is 0.562. The monoisotopic (exact) mass is 226 g/mol. The molecule has 94 valence electrons. The molecule has 3 nitrogen and oxygen atoms in total. The lowest BCUT2D eigenvalue weighted by Gasteiger charge is -2.32. The summed E-state index contributed by atoms with van der Waals surface area (Å²) in [6.07, 6.45) is 7.00. The van der Waals surface area contributed by atoms with E-state index in [1.165, 1.54) is 51.7 Å². The molecule has 0 saturated carbocycles. The van der Waals surface area contributed by atoms with Gasteiger partial charge in [0.1, 0.15) is 0 Å². The Hall–Kier alpha value is -0.120. The number of ether oxygens (including phenoxy) is 1. The van der Waals surface area contributed by atoms with E-state index in [0.29, 0.717) is 6.10 Å². The summed E-state index contributed by atoms with van der Waals surface area (Å²) in [5, 5.41) is 3.55. The number of hydrogen-bond acceptors (Lipinski definition) is 3. The molecule has 0 aromatic rings. The average molecular weight is 226 g/mol. The van der Waals surface area contributed by atoms with E-state index in [1.54, 1.807) is 0 Å². The Morgan fingerprint density at radius 3 is 2.69 bits per heavy atom. The fourth-order valence-corrected chi connectivity index (χ4v) is 2.85. The van der Waals surface area contributed by atoms with Crippen molar-refractivity contribution >= 4 is 0 Å². The van der Waals surface area contributed by atoms with Gasteiger partial charge in [0.15, 0.2) is 0 Å². The molecule has 2 saturated heterocycles. The molecule has 0 radical (unpaired) electrons. The number of nitrogens with one attached hydrogen (secondary N) is 1. The summed E-state index contributed by atoms with van der Waals surface area (Å²) in [7, 11) is 0. The van der Waals surface area contributed by atoms with E-state index in [0.717, 1.165) is 19.2 Å². The van der Waals surface area contributed by atoms with Gasteiger partial charge in [-0.2, -0.15) is 0 Å². The standard InChI is InChI=1S/C13H26N2O/c1-2-14-12-5-8-15(9-6-12)10-7-13-4-3-11-16-13/h12-14H,2-11H2,1H3. The van der Waals surface area contributed by atoms with Gasteiger partial charge in [0.25, 0.3) is 0 Å². The molecule has 16 heavy (non-hydrogen) atoms. The third-order valence-corrected chi connectivity index (χ3v) is 3.87. The molecule has 0 aliphatic carbocycles. The van der Waals surface area contributed by atoms with Gasteiger partial charge in [-0.15, -0.1) is 0 Å². The van der Waals surface area contributed by atoms with Crippen molar-refractivity contribution in [2.24, 2.45) is 0 Å². The second-order valence-electron chi connectivity index (χ2n) is 5.10. The fourth-order valence-electron chi connectivity index (χ4n) is 2.85. The van der Waals surface area contributed by atoms with E-state index in [9.17, 15) is 0 Å². The first-order chi connectivity index (χ1) is 7.88. The molecule has 0 aromatic carbocycles. The van der Waals surface area contributed by atoms with E-state index in [4.69, 9.17) is 4.74 Å². The van der Waals surface area contributed by atoms with Crippen LogP contribution in [0, 0.1) is 0 Å². The van der Waals surface area contributed by atoms with Gasteiger partial charge in [0.2, 0.25) is 0 Å². The van der Waals surface area contributed by atoms with Crippen LogP contribution in [0.25, 0.3) is 0 Å². The highest BCUT2D eigenvalue weighted by molar-refractivity contribution is 4.77. The van der Waals surface area contributed by atoms with Crippen molar-refractivity contribution < 1.29 is 4.74 Å². The van der Waals surface area contributed by atoms with Gasteiger partial charge in [-0.1, -0.05) is 6.92 Å². The maximum atomic E-state index is 5.66. The highest BCUT2D eigenvalue weighted by Gasteiger charge is 2.20. The lowest BCUT2D eigenvalue weighted by molar-refractivity contribution is 0.0868. The predicted octanol–water partition coefficient (Wildman–Crippen LogP) is 1.63. The Balaban J connectivity index is 1.57. The van der Waals surface area contributed by atoms with Crippen molar-refractivity contribution in [3.8, 4) is 0 Å². The van der Waals surface area contributed by atoms with Crippen molar-refractivity contribution in [2.45, 2.75) is 51.2 Å². The van der Waals surface area contributed by atoms with Crippen molar-refractivity contribution in [1.29, 1.82) is 0 Å². The Kier molecular flexibility index (Phi) is 5.07. The van der Waals surface area contributed by atoms with Crippen LogP contribution in [0.2, 0.25) is 0 Å². The second-order valence-corrected chi connectivity index (χ2v) is 5.10. The molecule has 2 aliphatic heterocycles. The maximum absolute atomic E-state index is 5.66. The molecule has 0 bridgehead atoms. The SMILES string of the molecule is CCNC1CCN(CCC2CCCO2)CC1. The quantitative estimate of drug-likeness (QED) is 0.771. The summed E-state index contributed by atoms with van der Waals surface area (Å²) in [6, 6.07) is 0.768. The van der Waals surface area contributed by atoms with Crippen LogP contribution in [0.3, 0.4) is 0 Å². The van der Waals surface area contributed by atoms with Gasteiger partial charge in [-0.3, -0.25) is 0 Å². The second kappa shape index (κ2) is 6.58. The first-order valence-corrected chi connectivity index (χ1v) is 6.96. The lowest BCUT2D eigenvalue weighted by atomic mass is 10.0. The zero-order chi connectivity index (χ0) is 11.2. The van der Waals surface area contributed by atoms with Crippen LogP contribution in [-0.2, 0) is 4.74 Å². The third-order valence-electron chi connectivity index (χ3n) is 3.87. The largest absolute Gasteiger partial charge is 0.378 e. The summed E-state index contributed by atoms with van der Waals surface area (Å²) >= 11 is 0. The molecule has 0 spiro atoms. The van der Waals surface area contributed by atoms with E-state index < -0.39 is 0 Å². The van der Waals surface area contributed by atoms with Crippen LogP contribution in [0.15, 0.2) is 0 Å². The number of likely N-dealkylation sites (tertiary alicyclic amines) is 1. The fraction of sp³-hybridized carbons (Fsp3) is 1.00. The Morgan fingerprint density at radius 1 is 1.25 bits per heavy atom. The third kappa shape index (κ3) is 3.72. The number of rotatable bonds is 5. The maximum Gasteiger partial charge on any atom is 0.0588 e. The molecule has 1 unspecified atom stereocenters. The average Bonchev–Trinajstić information content (AvgIpc) is 2.82.